The summed E-state index contributed by atoms with van der Waals surface area (Å²) in [5.74, 6) is 0.497. The first-order chi connectivity index (χ1) is 18.9. The number of rotatable bonds is 6. The van der Waals surface area contributed by atoms with Crippen molar-refractivity contribution in [2.24, 2.45) is 0 Å². The third-order valence-corrected chi connectivity index (χ3v) is 8.09. The molecule has 0 aromatic carbocycles. The van der Waals surface area contributed by atoms with Crippen LogP contribution < -0.4 is 15.1 Å². The number of hydrogen-bond acceptors (Lipinski definition) is 12. The zero-order valence-electron chi connectivity index (χ0n) is 21.5. The summed E-state index contributed by atoms with van der Waals surface area (Å²) in [6.45, 7) is 5.32. The van der Waals surface area contributed by atoms with Crippen LogP contribution in [0.1, 0.15) is 29.1 Å². The lowest BCUT2D eigenvalue weighted by Crippen LogP contribution is -2.47. The average molecular weight is 552 g/mol. The Morgan fingerprint density at radius 2 is 1.92 bits per heavy atom. The molecular weight excluding hydrogens is 522 g/mol. The summed E-state index contributed by atoms with van der Waals surface area (Å²) in [5.41, 5.74) is 1.53. The van der Waals surface area contributed by atoms with E-state index in [1.54, 1.807) is 12.3 Å². The smallest absolute Gasteiger partial charge is 0.293 e. The number of nitrogens with zero attached hydrogens (tertiary/aromatic N) is 6. The molecule has 3 N–H and O–H groups in total. The summed E-state index contributed by atoms with van der Waals surface area (Å²) in [7, 11) is 0. The van der Waals surface area contributed by atoms with Gasteiger partial charge in [-0.15, -0.1) is 0 Å². The van der Waals surface area contributed by atoms with Gasteiger partial charge in [0, 0.05) is 43.6 Å². The molecule has 6 heterocycles. The molecule has 204 valence electrons. The fraction of sp³-hybridized carbons (Fsp3) is 0.423. The van der Waals surface area contributed by atoms with E-state index in [1.807, 2.05) is 24.0 Å². The molecule has 12 nitrogen and oxygen atoms in total. The SMILES string of the molecule is Cc1cc(-c2ncc(C(=O)Nc3cc4sc(N5CCOCC5)nc4nc3N3CCC(O)(CO)CC3)o2)ccn1. The van der Waals surface area contributed by atoms with Gasteiger partial charge in [0.25, 0.3) is 5.91 Å². The van der Waals surface area contributed by atoms with Crippen molar-refractivity contribution in [3.63, 3.8) is 0 Å². The highest BCUT2D eigenvalue weighted by Crippen LogP contribution is 2.36. The van der Waals surface area contributed by atoms with E-state index >= 15 is 0 Å². The minimum Gasteiger partial charge on any atom is -0.431 e. The molecule has 2 aliphatic heterocycles. The summed E-state index contributed by atoms with van der Waals surface area (Å²) in [6, 6.07) is 5.49. The summed E-state index contributed by atoms with van der Waals surface area (Å²) >= 11 is 1.51. The number of fused-ring (bicyclic) bond motifs is 1. The Labute approximate surface area is 228 Å². The van der Waals surface area contributed by atoms with E-state index in [0.29, 0.717) is 62.2 Å². The van der Waals surface area contributed by atoms with Crippen molar-refractivity contribution in [3.8, 4) is 11.5 Å². The van der Waals surface area contributed by atoms with Gasteiger partial charge in [0.05, 0.1) is 42.0 Å². The van der Waals surface area contributed by atoms with Crippen LogP contribution in [0.3, 0.4) is 0 Å². The summed E-state index contributed by atoms with van der Waals surface area (Å²) in [5, 5.41) is 23.9. The van der Waals surface area contributed by atoms with Crippen molar-refractivity contribution in [1.82, 2.24) is 19.9 Å². The van der Waals surface area contributed by atoms with Gasteiger partial charge in [-0.2, -0.15) is 4.98 Å². The molecule has 6 rings (SSSR count). The van der Waals surface area contributed by atoms with Crippen LogP contribution in [0.2, 0.25) is 0 Å². The van der Waals surface area contributed by atoms with Crippen molar-refractivity contribution in [2.45, 2.75) is 25.4 Å². The van der Waals surface area contributed by atoms with Crippen molar-refractivity contribution >= 4 is 44.2 Å². The van der Waals surface area contributed by atoms with Gasteiger partial charge in [-0.05, 0) is 38.0 Å². The van der Waals surface area contributed by atoms with E-state index in [9.17, 15) is 15.0 Å². The monoisotopic (exact) mass is 551 g/mol. The second-order valence-electron chi connectivity index (χ2n) is 9.82. The molecule has 0 unspecified atom stereocenters. The second-order valence-corrected chi connectivity index (χ2v) is 10.8. The highest BCUT2D eigenvalue weighted by Gasteiger charge is 2.33. The fourth-order valence-corrected chi connectivity index (χ4v) is 5.73. The molecule has 0 bridgehead atoms. The number of amides is 1. The Bertz CT molecular complexity index is 1490. The molecule has 0 atom stereocenters. The first-order valence-corrected chi connectivity index (χ1v) is 13.7. The van der Waals surface area contributed by atoms with Crippen molar-refractivity contribution in [1.29, 1.82) is 0 Å². The summed E-state index contributed by atoms with van der Waals surface area (Å²) in [4.78, 5) is 35.5. The topological polar surface area (TPSA) is 150 Å². The van der Waals surface area contributed by atoms with Gasteiger partial charge in [0.2, 0.25) is 11.7 Å². The predicted octanol–water partition coefficient (Wildman–Crippen LogP) is 2.46. The van der Waals surface area contributed by atoms with E-state index in [0.717, 1.165) is 34.2 Å². The number of aliphatic hydroxyl groups excluding tert-OH is 1. The first-order valence-electron chi connectivity index (χ1n) is 12.8. The quantitative estimate of drug-likeness (QED) is 0.324. The summed E-state index contributed by atoms with van der Waals surface area (Å²) in [6.07, 6.45) is 3.82. The zero-order valence-corrected chi connectivity index (χ0v) is 22.3. The molecule has 0 saturated carbocycles. The number of carbonyl (C=O) groups excluding carboxylic acids is 1. The number of aromatic nitrogens is 4. The lowest BCUT2D eigenvalue weighted by Gasteiger charge is -2.38. The van der Waals surface area contributed by atoms with Crippen molar-refractivity contribution < 1.29 is 24.2 Å². The van der Waals surface area contributed by atoms with Gasteiger partial charge < -0.3 is 34.5 Å². The minimum absolute atomic E-state index is 0.0668. The third kappa shape index (κ3) is 5.30. The van der Waals surface area contributed by atoms with Crippen LogP contribution in [0.4, 0.5) is 16.6 Å². The van der Waals surface area contributed by atoms with Gasteiger partial charge in [0.1, 0.15) is 0 Å². The second kappa shape index (κ2) is 10.5. The van der Waals surface area contributed by atoms with E-state index in [4.69, 9.17) is 19.1 Å². The van der Waals surface area contributed by atoms with E-state index in [1.165, 1.54) is 17.5 Å². The van der Waals surface area contributed by atoms with Crippen molar-refractivity contribution in [2.75, 3.05) is 61.1 Å². The molecule has 0 radical (unpaired) electrons. The van der Waals surface area contributed by atoms with Crippen LogP contribution >= 0.6 is 11.3 Å². The van der Waals surface area contributed by atoms with Gasteiger partial charge >= 0.3 is 0 Å². The lowest BCUT2D eigenvalue weighted by molar-refractivity contribution is -0.0326. The minimum atomic E-state index is -1.12. The third-order valence-electron chi connectivity index (χ3n) is 7.04. The number of nitrogens with one attached hydrogen (secondary N) is 1. The number of thiazole rings is 1. The molecule has 2 saturated heterocycles. The molecule has 2 aliphatic rings. The maximum atomic E-state index is 13.3. The molecule has 13 heteroatoms. The van der Waals surface area contributed by atoms with Gasteiger partial charge in [-0.1, -0.05) is 11.3 Å². The molecule has 1 amide bonds. The van der Waals surface area contributed by atoms with Crippen LogP contribution in [-0.2, 0) is 4.74 Å². The normalized spacial score (nSPS) is 17.5. The highest BCUT2D eigenvalue weighted by molar-refractivity contribution is 7.22. The number of piperidine rings is 1. The van der Waals surface area contributed by atoms with Crippen LogP contribution in [0.25, 0.3) is 21.8 Å². The molecule has 0 aliphatic carbocycles. The van der Waals surface area contributed by atoms with Crippen LogP contribution in [0, 0.1) is 6.92 Å². The number of hydrogen-bond donors (Lipinski definition) is 3. The van der Waals surface area contributed by atoms with Crippen LogP contribution in [0.15, 0.2) is 35.0 Å². The van der Waals surface area contributed by atoms with Gasteiger partial charge in [-0.3, -0.25) is 9.78 Å². The van der Waals surface area contributed by atoms with Gasteiger partial charge in [-0.25, -0.2) is 9.97 Å². The molecule has 39 heavy (non-hydrogen) atoms. The van der Waals surface area contributed by atoms with E-state index in [2.05, 4.69) is 20.2 Å². The molecule has 0 spiro atoms. The zero-order chi connectivity index (χ0) is 27.0. The number of oxazole rings is 1. The highest BCUT2D eigenvalue weighted by atomic mass is 32.1. The Kier molecular flexibility index (Phi) is 6.89. The van der Waals surface area contributed by atoms with Crippen LogP contribution in [0.5, 0.6) is 0 Å². The Balaban J connectivity index is 1.31. The Hall–Kier alpha value is -3.65. The van der Waals surface area contributed by atoms with Gasteiger partial charge in [0.15, 0.2) is 16.6 Å². The molecule has 4 aromatic heterocycles. The predicted molar refractivity (Wildman–Crippen MR) is 146 cm³/mol. The Morgan fingerprint density at radius 3 is 2.67 bits per heavy atom. The van der Waals surface area contributed by atoms with Crippen LogP contribution in [-0.4, -0.2) is 87.7 Å². The standard InChI is InChI=1S/C26H29N7O5S/c1-16-12-17(2-5-27-16)24-28-14-19(38-24)23(35)29-18-13-20-21(31-25(39-20)33-8-10-37-11-9-33)30-22(18)32-6-3-26(36,15-34)4-7-32/h2,5,12-14,34,36H,3-4,6-11,15H2,1H3,(H,29,35). The van der Waals surface area contributed by atoms with E-state index in [-0.39, 0.29) is 12.4 Å². The molecular formula is C26H29N7O5S. The largest absolute Gasteiger partial charge is 0.431 e. The number of anilines is 3. The number of morpholine rings is 1. The number of aliphatic hydroxyl groups is 2. The number of aryl methyl sites for hydroxylation is 1. The average Bonchev–Trinajstić information content (AvgIpc) is 3.61. The lowest BCUT2D eigenvalue weighted by atomic mass is 9.92. The maximum Gasteiger partial charge on any atom is 0.293 e. The Morgan fingerprint density at radius 1 is 1.13 bits per heavy atom. The van der Waals surface area contributed by atoms with Crippen molar-refractivity contribution in [3.05, 3.63) is 42.0 Å². The fourth-order valence-electron chi connectivity index (χ4n) is 4.73. The first kappa shape index (κ1) is 25.6. The number of carbonyl (C=O) groups is 1. The summed E-state index contributed by atoms with van der Waals surface area (Å²) < 4.78 is 12.1. The molecule has 2 fully saturated rings. The molecule has 4 aromatic rings. The number of ether oxygens (including phenoxy) is 1. The number of pyridine rings is 2. The van der Waals surface area contributed by atoms with E-state index < -0.39 is 11.5 Å². The maximum absolute atomic E-state index is 13.3.